The van der Waals surface area contributed by atoms with Gasteiger partial charge in [0.05, 0.1) is 12.6 Å². The molecule has 1 amide bonds. The summed E-state index contributed by atoms with van der Waals surface area (Å²) in [6.07, 6.45) is 4.54. The van der Waals surface area contributed by atoms with E-state index in [2.05, 4.69) is 6.92 Å². The van der Waals surface area contributed by atoms with E-state index < -0.39 is 0 Å². The quantitative estimate of drug-likeness (QED) is 0.729. The monoisotopic (exact) mass is 228 g/mol. The van der Waals surface area contributed by atoms with E-state index in [9.17, 15) is 9.90 Å². The van der Waals surface area contributed by atoms with Crippen molar-refractivity contribution in [2.45, 2.75) is 45.1 Å². The van der Waals surface area contributed by atoms with E-state index in [-0.39, 0.29) is 18.6 Å². The van der Waals surface area contributed by atoms with Gasteiger partial charge in [0.15, 0.2) is 0 Å². The van der Waals surface area contributed by atoms with Crippen LogP contribution in [0.15, 0.2) is 0 Å². The van der Waals surface area contributed by atoms with Gasteiger partial charge in [0.1, 0.15) is 0 Å². The lowest BCUT2D eigenvalue weighted by atomic mass is 10.0. The third-order valence-electron chi connectivity index (χ3n) is 3.41. The lowest BCUT2D eigenvalue weighted by Gasteiger charge is -2.34. The Morgan fingerprint density at radius 3 is 2.94 bits per heavy atom. The number of carbonyl (C=O) groups is 1. The lowest BCUT2D eigenvalue weighted by Crippen LogP contribution is -2.45. The zero-order valence-corrected chi connectivity index (χ0v) is 10.2. The minimum absolute atomic E-state index is 0.0504. The molecule has 0 aliphatic carbocycles. The van der Waals surface area contributed by atoms with Gasteiger partial charge in [-0.15, -0.1) is 0 Å². The molecule has 2 atom stereocenters. The predicted molar refractivity (Wildman–Crippen MR) is 63.9 cm³/mol. The second-order valence-electron chi connectivity index (χ2n) is 4.80. The maximum Gasteiger partial charge on any atom is 0.222 e. The fraction of sp³-hybridized carbons (Fsp3) is 0.917. The molecule has 1 aliphatic heterocycles. The smallest absolute Gasteiger partial charge is 0.222 e. The van der Waals surface area contributed by atoms with Crippen molar-refractivity contribution >= 4 is 5.91 Å². The van der Waals surface area contributed by atoms with Crippen molar-refractivity contribution in [3.8, 4) is 0 Å². The number of piperidine rings is 1. The summed E-state index contributed by atoms with van der Waals surface area (Å²) in [5.41, 5.74) is 5.53. The molecule has 0 bridgehead atoms. The molecule has 4 heteroatoms. The van der Waals surface area contributed by atoms with Crippen molar-refractivity contribution in [1.29, 1.82) is 0 Å². The van der Waals surface area contributed by atoms with Gasteiger partial charge >= 0.3 is 0 Å². The number of rotatable bonds is 5. The Morgan fingerprint density at radius 1 is 1.56 bits per heavy atom. The maximum atomic E-state index is 12.0. The van der Waals surface area contributed by atoms with Crippen LogP contribution in [-0.4, -0.2) is 41.7 Å². The first-order chi connectivity index (χ1) is 7.69. The Morgan fingerprint density at radius 2 is 2.31 bits per heavy atom. The largest absolute Gasteiger partial charge is 0.394 e. The van der Waals surface area contributed by atoms with Crippen LogP contribution in [0.2, 0.25) is 0 Å². The third-order valence-corrected chi connectivity index (χ3v) is 3.41. The Labute approximate surface area is 97.8 Å². The molecule has 1 fully saturated rings. The van der Waals surface area contributed by atoms with Crippen molar-refractivity contribution in [1.82, 2.24) is 4.90 Å². The molecule has 0 aromatic carbocycles. The van der Waals surface area contributed by atoms with Crippen LogP contribution in [0.5, 0.6) is 0 Å². The van der Waals surface area contributed by atoms with Gasteiger partial charge < -0.3 is 15.7 Å². The van der Waals surface area contributed by atoms with E-state index in [0.29, 0.717) is 18.9 Å². The van der Waals surface area contributed by atoms with Gasteiger partial charge in [-0.2, -0.15) is 0 Å². The zero-order valence-electron chi connectivity index (χ0n) is 10.2. The number of nitrogens with two attached hydrogens (primary N) is 1. The molecule has 0 spiro atoms. The van der Waals surface area contributed by atoms with E-state index in [1.807, 2.05) is 4.90 Å². The van der Waals surface area contributed by atoms with E-state index in [4.69, 9.17) is 5.73 Å². The molecule has 3 N–H and O–H groups in total. The number of carbonyl (C=O) groups excluding carboxylic acids is 1. The van der Waals surface area contributed by atoms with Crippen LogP contribution in [0, 0.1) is 5.92 Å². The molecule has 94 valence electrons. The number of aliphatic hydroxyl groups is 1. The Bertz CT molecular complexity index is 221. The van der Waals surface area contributed by atoms with Gasteiger partial charge in [-0.05, 0) is 38.1 Å². The van der Waals surface area contributed by atoms with Crippen LogP contribution >= 0.6 is 0 Å². The summed E-state index contributed by atoms with van der Waals surface area (Å²) in [5, 5.41) is 9.22. The molecular weight excluding hydrogens is 204 g/mol. The Hall–Kier alpha value is -0.610. The number of likely N-dealkylation sites (tertiary alicyclic amines) is 1. The van der Waals surface area contributed by atoms with E-state index in [1.54, 1.807) is 0 Å². The number of nitrogens with zero attached hydrogens (tertiary/aromatic N) is 1. The second-order valence-corrected chi connectivity index (χ2v) is 4.80. The molecule has 0 aromatic rings. The van der Waals surface area contributed by atoms with Crippen molar-refractivity contribution in [2.75, 3.05) is 19.7 Å². The van der Waals surface area contributed by atoms with Gasteiger partial charge in [0.2, 0.25) is 5.91 Å². The van der Waals surface area contributed by atoms with Crippen LogP contribution < -0.4 is 5.73 Å². The maximum absolute atomic E-state index is 12.0. The molecule has 0 saturated carbocycles. The summed E-state index contributed by atoms with van der Waals surface area (Å²) in [5.74, 6) is 0.584. The fourth-order valence-electron chi connectivity index (χ4n) is 2.15. The highest BCUT2D eigenvalue weighted by Gasteiger charge is 2.25. The van der Waals surface area contributed by atoms with E-state index in [0.717, 1.165) is 32.2 Å². The van der Waals surface area contributed by atoms with Crippen LogP contribution in [0.25, 0.3) is 0 Å². The number of aliphatic hydroxyl groups excluding tert-OH is 1. The average molecular weight is 228 g/mol. The fourth-order valence-corrected chi connectivity index (χ4v) is 2.15. The standard InChI is InChI=1S/C12H24N2O2/c1-10(8-13)5-6-12(16)14-7-3-2-4-11(14)9-15/h10-11,15H,2-9,13H2,1H3. The van der Waals surface area contributed by atoms with Crippen molar-refractivity contribution in [3.63, 3.8) is 0 Å². The van der Waals surface area contributed by atoms with Gasteiger partial charge in [0, 0.05) is 13.0 Å². The zero-order chi connectivity index (χ0) is 12.0. The summed E-state index contributed by atoms with van der Waals surface area (Å²) in [4.78, 5) is 13.8. The second kappa shape index (κ2) is 6.86. The molecule has 1 saturated heterocycles. The molecule has 0 radical (unpaired) electrons. The van der Waals surface area contributed by atoms with Crippen LogP contribution in [0.4, 0.5) is 0 Å². The topological polar surface area (TPSA) is 66.6 Å². The highest BCUT2D eigenvalue weighted by Crippen LogP contribution is 2.18. The first-order valence-electron chi connectivity index (χ1n) is 6.29. The highest BCUT2D eigenvalue weighted by atomic mass is 16.3. The summed E-state index contributed by atoms with van der Waals surface area (Å²) < 4.78 is 0. The van der Waals surface area contributed by atoms with Gasteiger partial charge in [-0.3, -0.25) is 4.79 Å². The number of hydrogen-bond acceptors (Lipinski definition) is 3. The molecular formula is C12H24N2O2. The lowest BCUT2D eigenvalue weighted by molar-refractivity contribution is -0.136. The summed E-state index contributed by atoms with van der Waals surface area (Å²) in [6, 6.07) is 0.0504. The van der Waals surface area contributed by atoms with Crippen molar-refractivity contribution < 1.29 is 9.90 Å². The Kier molecular flexibility index (Phi) is 5.77. The number of hydrogen-bond donors (Lipinski definition) is 2. The normalized spacial score (nSPS) is 23.2. The SMILES string of the molecule is CC(CN)CCC(=O)N1CCCCC1CO. The van der Waals surface area contributed by atoms with Gasteiger partial charge in [-0.25, -0.2) is 0 Å². The highest BCUT2D eigenvalue weighted by molar-refractivity contribution is 5.76. The Balaban J connectivity index is 2.38. The minimum atomic E-state index is 0.0504. The molecule has 1 aliphatic rings. The first kappa shape index (κ1) is 13.5. The minimum Gasteiger partial charge on any atom is -0.394 e. The van der Waals surface area contributed by atoms with Crippen LogP contribution in [0.3, 0.4) is 0 Å². The summed E-state index contributed by atoms with van der Waals surface area (Å²) in [6.45, 7) is 3.60. The van der Waals surface area contributed by atoms with E-state index in [1.165, 1.54) is 0 Å². The van der Waals surface area contributed by atoms with Crippen LogP contribution in [-0.2, 0) is 4.79 Å². The predicted octanol–water partition coefficient (Wildman–Crippen LogP) is 0.735. The molecule has 16 heavy (non-hydrogen) atoms. The summed E-state index contributed by atoms with van der Waals surface area (Å²) >= 11 is 0. The first-order valence-corrected chi connectivity index (χ1v) is 6.29. The van der Waals surface area contributed by atoms with E-state index >= 15 is 0 Å². The molecule has 4 nitrogen and oxygen atoms in total. The van der Waals surface area contributed by atoms with Gasteiger partial charge in [0.25, 0.3) is 0 Å². The average Bonchev–Trinajstić information content (AvgIpc) is 2.35. The number of amides is 1. The van der Waals surface area contributed by atoms with Gasteiger partial charge in [-0.1, -0.05) is 6.92 Å². The van der Waals surface area contributed by atoms with Crippen LogP contribution in [0.1, 0.15) is 39.0 Å². The molecule has 0 aromatic heterocycles. The molecule has 1 heterocycles. The summed E-state index contributed by atoms with van der Waals surface area (Å²) in [7, 11) is 0. The van der Waals surface area contributed by atoms with Crippen molar-refractivity contribution in [2.24, 2.45) is 11.7 Å². The third kappa shape index (κ3) is 3.76. The van der Waals surface area contributed by atoms with Crippen molar-refractivity contribution in [3.05, 3.63) is 0 Å². The molecule has 2 unspecified atom stereocenters. The molecule has 1 rings (SSSR count).